The number of nitrogens with zero attached hydrogens (tertiary/aromatic N) is 2. The van der Waals surface area contributed by atoms with Crippen molar-refractivity contribution in [1.29, 1.82) is 0 Å². The van der Waals surface area contributed by atoms with Gasteiger partial charge in [-0.2, -0.15) is 0 Å². The number of hydrogen-bond donors (Lipinski definition) is 0. The Bertz CT molecular complexity index is 184. The van der Waals surface area contributed by atoms with Crippen LogP contribution in [0.5, 0.6) is 0 Å². The normalized spacial score (nSPS) is 8.71. The first-order valence-electron chi connectivity index (χ1n) is 3.68. The summed E-state index contributed by atoms with van der Waals surface area (Å²) in [5.74, 6) is 0. The maximum absolute atomic E-state index is 10.4. The van der Waals surface area contributed by atoms with Gasteiger partial charge in [-0.15, -0.1) is 0 Å². The van der Waals surface area contributed by atoms with E-state index in [1.807, 2.05) is 0 Å². The Kier molecular flexibility index (Phi) is 8.98. The SMILES string of the molecule is CCN(SN(CC)C(=O)[O-])C(=O)[O-].[Zn+2]. The van der Waals surface area contributed by atoms with Crippen molar-refractivity contribution in [2.45, 2.75) is 13.8 Å². The van der Waals surface area contributed by atoms with E-state index in [2.05, 4.69) is 0 Å². The van der Waals surface area contributed by atoms with E-state index >= 15 is 0 Å². The molecule has 14 heavy (non-hydrogen) atoms. The molecule has 0 aliphatic heterocycles. The van der Waals surface area contributed by atoms with Crippen molar-refractivity contribution in [3.05, 3.63) is 0 Å². The molecule has 0 spiro atoms. The average molecular weight is 272 g/mol. The van der Waals surface area contributed by atoms with E-state index in [0.29, 0.717) is 12.1 Å². The zero-order valence-corrected chi connectivity index (χ0v) is 11.8. The molecular formula is C6H10N2O4SZn. The van der Waals surface area contributed by atoms with Crippen molar-refractivity contribution in [3.8, 4) is 0 Å². The minimum Gasteiger partial charge on any atom is -0.529 e. The number of carbonyl (C=O) groups excluding carboxylic acids is 2. The number of rotatable bonds is 4. The standard InChI is InChI=1S/C6H12N2O4S.Zn/c1-3-7(5(9)10)13-8(4-2)6(11)12;/h3-4H2,1-2H3,(H,9,10)(H,11,12);/q;+2/p-2. The molecule has 0 N–H and O–H groups in total. The van der Waals surface area contributed by atoms with E-state index < -0.39 is 12.2 Å². The summed E-state index contributed by atoms with van der Waals surface area (Å²) in [5, 5.41) is 20.7. The molecule has 6 nitrogen and oxygen atoms in total. The fourth-order valence-corrected chi connectivity index (χ4v) is 1.16. The quantitative estimate of drug-likeness (QED) is 0.477. The molecule has 0 aliphatic carbocycles. The summed E-state index contributed by atoms with van der Waals surface area (Å²) < 4.78 is 1.58. The minimum atomic E-state index is -1.42. The molecule has 8 heteroatoms. The van der Waals surface area contributed by atoms with Crippen LogP contribution in [0.25, 0.3) is 0 Å². The van der Waals surface area contributed by atoms with Crippen LogP contribution in [0.3, 0.4) is 0 Å². The minimum absolute atomic E-state index is 0. The second-order valence-electron chi connectivity index (χ2n) is 2.00. The van der Waals surface area contributed by atoms with Gasteiger partial charge >= 0.3 is 19.5 Å². The Morgan fingerprint density at radius 1 is 1.07 bits per heavy atom. The van der Waals surface area contributed by atoms with Crippen LogP contribution in [0.15, 0.2) is 0 Å². The fraction of sp³-hybridized carbons (Fsp3) is 0.667. The van der Waals surface area contributed by atoms with Gasteiger partial charge < -0.3 is 19.8 Å². The molecule has 0 saturated heterocycles. The molecule has 0 aliphatic rings. The van der Waals surface area contributed by atoms with Crippen LogP contribution in [0.4, 0.5) is 9.59 Å². The fourth-order valence-electron chi connectivity index (χ4n) is 0.559. The van der Waals surface area contributed by atoms with Gasteiger partial charge in [0.05, 0.1) is 12.1 Å². The van der Waals surface area contributed by atoms with E-state index in [4.69, 9.17) is 0 Å². The number of carbonyl (C=O) groups is 2. The maximum Gasteiger partial charge on any atom is 2.00 e. The van der Waals surface area contributed by atoms with Crippen molar-refractivity contribution in [1.82, 2.24) is 8.61 Å². The van der Waals surface area contributed by atoms with Crippen molar-refractivity contribution in [2.24, 2.45) is 0 Å². The summed E-state index contributed by atoms with van der Waals surface area (Å²) >= 11 is 0.549. The van der Waals surface area contributed by atoms with E-state index in [1.165, 1.54) is 0 Å². The second-order valence-corrected chi connectivity index (χ2v) is 3.05. The smallest absolute Gasteiger partial charge is 0.529 e. The van der Waals surface area contributed by atoms with E-state index in [1.54, 1.807) is 13.8 Å². The molecule has 0 heterocycles. The van der Waals surface area contributed by atoms with Gasteiger partial charge in [0.2, 0.25) is 0 Å². The van der Waals surface area contributed by atoms with Crippen LogP contribution in [-0.2, 0) is 19.5 Å². The van der Waals surface area contributed by atoms with Crippen LogP contribution in [-0.4, -0.2) is 33.9 Å². The topological polar surface area (TPSA) is 86.7 Å². The Labute approximate surface area is 99.3 Å². The van der Waals surface area contributed by atoms with Gasteiger partial charge in [-0.05, 0) is 13.8 Å². The van der Waals surface area contributed by atoms with Gasteiger partial charge in [-0.25, -0.2) is 0 Å². The third-order valence-electron chi connectivity index (χ3n) is 1.18. The molecule has 0 unspecified atom stereocenters. The zero-order chi connectivity index (χ0) is 10.4. The summed E-state index contributed by atoms with van der Waals surface area (Å²) in [4.78, 5) is 20.7. The Morgan fingerprint density at radius 3 is 1.50 bits per heavy atom. The molecule has 0 bridgehead atoms. The van der Waals surface area contributed by atoms with E-state index in [9.17, 15) is 19.8 Å². The zero-order valence-electron chi connectivity index (χ0n) is 8.06. The summed E-state index contributed by atoms with van der Waals surface area (Å²) in [5.41, 5.74) is 0. The Hall–Kier alpha value is -0.487. The van der Waals surface area contributed by atoms with Crippen molar-refractivity contribution < 1.29 is 39.3 Å². The number of carboxylic acid groups (broad SMARTS) is 2. The van der Waals surface area contributed by atoms with Gasteiger partial charge in [0.1, 0.15) is 12.2 Å². The molecule has 0 saturated carbocycles. The molecular weight excluding hydrogens is 262 g/mol. The third kappa shape index (κ3) is 5.29. The largest absolute Gasteiger partial charge is 2.00 e. The molecule has 0 aromatic carbocycles. The molecule has 2 amide bonds. The van der Waals surface area contributed by atoms with Gasteiger partial charge in [-0.3, -0.25) is 8.61 Å². The number of amides is 2. The first-order chi connectivity index (χ1) is 6.02. The summed E-state index contributed by atoms with van der Waals surface area (Å²) in [7, 11) is 0. The predicted octanol–water partition coefficient (Wildman–Crippen LogP) is -1.12. The molecule has 0 rings (SSSR count). The third-order valence-corrected chi connectivity index (χ3v) is 2.39. The average Bonchev–Trinajstić information content (AvgIpc) is 2.05. The summed E-state index contributed by atoms with van der Waals surface area (Å²) in [6, 6.07) is 0. The van der Waals surface area contributed by atoms with E-state index in [0.717, 1.165) is 8.61 Å². The monoisotopic (exact) mass is 270 g/mol. The molecule has 0 aromatic heterocycles. The molecule has 0 aromatic rings. The second kappa shape index (κ2) is 7.87. The van der Waals surface area contributed by atoms with Gasteiger partial charge in [0, 0.05) is 13.1 Å². The maximum atomic E-state index is 10.4. The van der Waals surface area contributed by atoms with Crippen molar-refractivity contribution in [2.75, 3.05) is 13.1 Å². The van der Waals surface area contributed by atoms with E-state index in [-0.39, 0.29) is 32.6 Å². The summed E-state index contributed by atoms with van der Waals surface area (Å²) in [6.45, 7) is 3.45. The Morgan fingerprint density at radius 2 is 1.36 bits per heavy atom. The predicted molar refractivity (Wildman–Crippen MR) is 43.1 cm³/mol. The Balaban J connectivity index is 0. The summed E-state index contributed by atoms with van der Waals surface area (Å²) in [6.07, 6.45) is -2.85. The first-order valence-corrected chi connectivity index (χ1v) is 4.41. The van der Waals surface area contributed by atoms with Gasteiger partial charge in [0.25, 0.3) is 0 Å². The number of hydrogen-bond acceptors (Lipinski definition) is 5. The van der Waals surface area contributed by atoms with Crippen LogP contribution in [0.1, 0.15) is 13.8 Å². The van der Waals surface area contributed by atoms with Crippen LogP contribution in [0.2, 0.25) is 0 Å². The van der Waals surface area contributed by atoms with Crippen LogP contribution in [0, 0.1) is 0 Å². The molecule has 0 radical (unpaired) electrons. The van der Waals surface area contributed by atoms with Crippen molar-refractivity contribution in [3.63, 3.8) is 0 Å². The van der Waals surface area contributed by atoms with Crippen LogP contribution >= 0.6 is 12.1 Å². The van der Waals surface area contributed by atoms with Gasteiger partial charge in [0.15, 0.2) is 0 Å². The van der Waals surface area contributed by atoms with Crippen LogP contribution < -0.4 is 10.2 Å². The molecule has 0 fully saturated rings. The molecule has 76 valence electrons. The van der Waals surface area contributed by atoms with Crippen molar-refractivity contribution >= 4 is 24.3 Å². The first kappa shape index (κ1) is 16.0. The van der Waals surface area contributed by atoms with Gasteiger partial charge in [-0.1, -0.05) is 0 Å². The molecule has 0 atom stereocenters.